The molecule has 0 bridgehead atoms. The first kappa shape index (κ1) is 45.6. The molecule has 0 saturated heterocycles. The van der Waals surface area contributed by atoms with Crippen LogP contribution in [-0.4, -0.2) is 72.4 Å². The summed E-state index contributed by atoms with van der Waals surface area (Å²) < 4.78 is 36.8. The number of aromatic nitrogens is 2. The summed E-state index contributed by atoms with van der Waals surface area (Å²) in [7, 11) is 13.1. The average Bonchev–Trinajstić information content (AvgIpc) is 3.25. The number of benzene rings is 2. The number of carbonyl (C=O) groups is 2. The fourth-order valence-electron chi connectivity index (χ4n) is 6.01. The molecular weight excluding hydrogens is 775 g/mol. The number of aryl methyl sites for hydroxylation is 2. The number of hydrogen-bond donors (Lipinski definition) is 1. The summed E-state index contributed by atoms with van der Waals surface area (Å²) in [5.74, 6) is 5.70. The molecule has 0 aliphatic heterocycles. The van der Waals surface area contributed by atoms with E-state index in [2.05, 4.69) is 26.6 Å². The predicted octanol–water partition coefficient (Wildman–Crippen LogP) is 7.76. The van der Waals surface area contributed by atoms with Crippen LogP contribution in [0.2, 0.25) is 0 Å². The SMILES string of the molecule is COc1cc(/C=C/c2cc[n+](CCCC(=O)CCCSSCCNC(=O)CCC[n+]3ccc(/C=C/c4cc(OC)c(OC)c(OC)c4)cc3)cc2)cc(OC)c1OC. The van der Waals surface area contributed by atoms with E-state index in [0.717, 1.165) is 66.1 Å². The minimum Gasteiger partial charge on any atom is -0.493 e. The molecule has 11 nitrogen and oxygen atoms in total. The number of hydrogen-bond acceptors (Lipinski definition) is 10. The smallest absolute Gasteiger partial charge is 0.220 e. The zero-order valence-corrected chi connectivity index (χ0v) is 36.1. The molecule has 1 amide bonds. The van der Waals surface area contributed by atoms with Gasteiger partial charge < -0.3 is 33.7 Å². The lowest BCUT2D eigenvalue weighted by Gasteiger charge is -2.12. The van der Waals surface area contributed by atoms with E-state index in [1.165, 1.54) is 0 Å². The van der Waals surface area contributed by atoms with Crippen LogP contribution in [-0.2, 0) is 22.7 Å². The summed E-state index contributed by atoms with van der Waals surface area (Å²) in [5.41, 5.74) is 3.99. The molecule has 13 heteroatoms. The van der Waals surface area contributed by atoms with E-state index < -0.39 is 0 Å². The van der Waals surface area contributed by atoms with Crippen molar-refractivity contribution in [2.75, 3.05) is 60.7 Å². The molecule has 2 heterocycles. The lowest BCUT2D eigenvalue weighted by molar-refractivity contribution is -0.697. The monoisotopic (exact) mass is 831 g/mol. The van der Waals surface area contributed by atoms with Crippen LogP contribution in [0.1, 0.15) is 60.8 Å². The third kappa shape index (κ3) is 15.0. The largest absolute Gasteiger partial charge is 0.493 e. The van der Waals surface area contributed by atoms with Gasteiger partial charge in [-0.05, 0) is 52.9 Å². The van der Waals surface area contributed by atoms with E-state index in [9.17, 15) is 9.59 Å². The van der Waals surface area contributed by atoms with Crippen molar-refractivity contribution < 1.29 is 47.1 Å². The van der Waals surface area contributed by atoms with E-state index in [-0.39, 0.29) is 5.91 Å². The lowest BCUT2D eigenvalue weighted by Crippen LogP contribution is -2.34. The minimum atomic E-state index is 0.0696. The van der Waals surface area contributed by atoms with Crippen molar-refractivity contribution in [1.82, 2.24) is 5.32 Å². The third-order valence-electron chi connectivity index (χ3n) is 9.11. The van der Waals surface area contributed by atoms with Gasteiger partial charge in [-0.3, -0.25) is 9.59 Å². The van der Waals surface area contributed by atoms with Crippen molar-refractivity contribution in [2.45, 2.75) is 51.6 Å². The molecule has 2 aromatic carbocycles. The number of Topliss-reactive ketones (excluding diaryl/α,β-unsaturated/α-hetero) is 1. The Balaban J connectivity index is 1.01. The predicted molar refractivity (Wildman–Crippen MR) is 234 cm³/mol. The number of carbonyl (C=O) groups excluding carboxylic acids is 2. The Bertz CT molecular complexity index is 1760. The van der Waals surface area contributed by atoms with E-state index in [0.29, 0.717) is 66.1 Å². The second-order valence-electron chi connectivity index (χ2n) is 13.2. The molecule has 58 heavy (non-hydrogen) atoms. The quantitative estimate of drug-likeness (QED) is 0.0383. The molecule has 0 spiro atoms. The Hall–Kier alpha value is -5.14. The van der Waals surface area contributed by atoms with Crippen molar-refractivity contribution in [3.63, 3.8) is 0 Å². The first-order valence-electron chi connectivity index (χ1n) is 19.3. The van der Waals surface area contributed by atoms with Crippen molar-refractivity contribution >= 4 is 57.6 Å². The molecule has 4 aromatic rings. The van der Waals surface area contributed by atoms with Crippen LogP contribution in [0.5, 0.6) is 34.5 Å². The summed E-state index contributed by atoms with van der Waals surface area (Å²) >= 11 is 0. The van der Waals surface area contributed by atoms with Crippen molar-refractivity contribution in [2.24, 2.45) is 0 Å². The van der Waals surface area contributed by atoms with Gasteiger partial charge in [0.15, 0.2) is 47.8 Å². The van der Waals surface area contributed by atoms with Crippen LogP contribution >= 0.6 is 21.6 Å². The van der Waals surface area contributed by atoms with Gasteiger partial charge in [-0.15, -0.1) is 0 Å². The van der Waals surface area contributed by atoms with Crippen LogP contribution in [0, 0.1) is 0 Å². The van der Waals surface area contributed by atoms with E-state index in [4.69, 9.17) is 28.4 Å². The topological polar surface area (TPSA) is 109 Å². The number of ether oxygens (including phenoxy) is 6. The fraction of sp³-hybridized carbons (Fsp3) is 0.378. The van der Waals surface area contributed by atoms with Gasteiger partial charge in [0.05, 0.1) is 42.7 Å². The molecule has 2 aromatic heterocycles. The Kier molecular flexibility index (Phi) is 19.9. The Morgan fingerprint density at radius 1 is 0.534 bits per heavy atom. The van der Waals surface area contributed by atoms with Gasteiger partial charge in [0.1, 0.15) is 18.9 Å². The van der Waals surface area contributed by atoms with Gasteiger partial charge in [0, 0.05) is 74.4 Å². The maximum absolute atomic E-state index is 12.4. The van der Waals surface area contributed by atoms with E-state index >= 15 is 0 Å². The maximum Gasteiger partial charge on any atom is 0.220 e. The molecule has 0 aliphatic carbocycles. The number of ketones is 1. The summed E-state index contributed by atoms with van der Waals surface area (Å²) in [6, 6.07) is 15.8. The number of amides is 1. The minimum absolute atomic E-state index is 0.0696. The number of methoxy groups -OCH3 is 6. The molecule has 0 unspecified atom stereocenters. The second-order valence-corrected chi connectivity index (χ2v) is 15.9. The normalized spacial score (nSPS) is 11.1. The average molecular weight is 832 g/mol. The highest BCUT2D eigenvalue weighted by Crippen LogP contribution is 2.39. The summed E-state index contributed by atoms with van der Waals surface area (Å²) in [6.07, 6.45) is 20.3. The standard InChI is InChI=1S/C45H56N3O8S2/c1-51-39-30-36(31-40(52-2)44(39)55-5)15-13-34-17-24-47(25-18-34)22-7-10-38(49)11-9-28-57-58-29-21-46-43(50)12-8-23-48-26-19-35(20-27-48)14-16-37-32-41(53-3)45(56-6)42(33-37)54-4/h13-20,24-27,30-33H,7-12,21-23,28-29H2,1-6H3/q+1/p+1/b15-13+,16-14+. The van der Waals surface area contributed by atoms with Crippen LogP contribution in [0.3, 0.4) is 0 Å². The summed E-state index contributed by atoms with van der Waals surface area (Å²) in [4.78, 5) is 24.8. The number of nitrogens with one attached hydrogen (secondary N) is 1. The van der Waals surface area contributed by atoms with Gasteiger partial charge in [0.25, 0.3) is 0 Å². The van der Waals surface area contributed by atoms with Crippen LogP contribution in [0.25, 0.3) is 24.3 Å². The molecular formula is C45H57N3O8S2+2. The molecule has 0 aliphatic rings. The zero-order chi connectivity index (χ0) is 41.5. The molecule has 0 fully saturated rings. The van der Waals surface area contributed by atoms with Gasteiger partial charge >= 0.3 is 0 Å². The van der Waals surface area contributed by atoms with Gasteiger partial charge in [-0.2, -0.15) is 0 Å². The Morgan fingerprint density at radius 2 is 0.931 bits per heavy atom. The zero-order valence-electron chi connectivity index (χ0n) is 34.5. The van der Waals surface area contributed by atoms with Gasteiger partial charge in [-0.1, -0.05) is 45.9 Å². The highest BCUT2D eigenvalue weighted by atomic mass is 33.1. The van der Waals surface area contributed by atoms with Gasteiger partial charge in [-0.25, -0.2) is 9.13 Å². The van der Waals surface area contributed by atoms with Crippen LogP contribution in [0.4, 0.5) is 0 Å². The van der Waals surface area contributed by atoms with Crippen LogP contribution < -0.4 is 42.9 Å². The van der Waals surface area contributed by atoms with Crippen molar-refractivity contribution in [3.8, 4) is 34.5 Å². The number of rotatable bonds is 26. The van der Waals surface area contributed by atoms with Crippen molar-refractivity contribution in [3.05, 3.63) is 95.6 Å². The fourth-order valence-corrected chi connectivity index (χ4v) is 8.00. The second kappa shape index (κ2) is 25.3. The van der Waals surface area contributed by atoms with Crippen molar-refractivity contribution in [1.29, 1.82) is 0 Å². The molecule has 4 rings (SSSR count). The van der Waals surface area contributed by atoms with Gasteiger partial charge in [0.2, 0.25) is 17.4 Å². The number of pyridine rings is 2. The molecule has 0 radical (unpaired) electrons. The molecule has 0 saturated carbocycles. The molecule has 0 atom stereocenters. The maximum atomic E-state index is 12.4. The Labute approximate surface area is 351 Å². The van der Waals surface area contributed by atoms with E-state index in [1.807, 2.05) is 85.5 Å². The lowest BCUT2D eigenvalue weighted by atomic mass is 10.1. The highest BCUT2D eigenvalue weighted by Gasteiger charge is 2.14. The van der Waals surface area contributed by atoms with E-state index in [1.54, 1.807) is 64.2 Å². The third-order valence-corrected chi connectivity index (χ3v) is 11.6. The first-order valence-corrected chi connectivity index (χ1v) is 21.8. The summed E-state index contributed by atoms with van der Waals surface area (Å²) in [6.45, 7) is 2.19. The first-order chi connectivity index (χ1) is 28.3. The van der Waals surface area contributed by atoms with Crippen LogP contribution in [0.15, 0.2) is 73.3 Å². The molecule has 1 N–H and O–H groups in total. The molecule has 310 valence electrons. The number of nitrogens with zero attached hydrogens (tertiary/aromatic N) is 2. The summed E-state index contributed by atoms with van der Waals surface area (Å²) in [5, 5.41) is 3.02. The highest BCUT2D eigenvalue weighted by molar-refractivity contribution is 8.76. The Morgan fingerprint density at radius 3 is 1.36 bits per heavy atom.